The van der Waals surface area contributed by atoms with E-state index < -0.39 is 6.04 Å². The largest absolute Gasteiger partial charge is 0.351 e. The minimum absolute atomic E-state index is 0.106. The molecule has 0 saturated heterocycles. The summed E-state index contributed by atoms with van der Waals surface area (Å²) in [6.45, 7) is 0.369. The highest BCUT2D eigenvalue weighted by Gasteiger charge is 2.34. The molecule has 0 aromatic carbocycles. The maximum Gasteiger partial charge on any atom is 0.273 e. The van der Waals surface area contributed by atoms with Gasteiger partial charge in [0.25, 0.3) is 5.91 Å². The van der Waals surface area contributed by atoms with Gasteiger partial charge in [-0.05, 0) is 47.9 Å². The zero-order valence-corrected chi connectivity index (χ0v) is 18.3. The van der Waals surface area contributed by atoms with Crippen molar-refractivity contribution < 1.29 is 9.59 Å². The van der Waals surface area contributed by atoms with E-state index in [2.05, 4.69) is 10.3 Å². The maximum atomic E-state index is 13.5. The summed E-state index contributed by atoms with van der Waals surface area (Å²) in [6.07, 6.45) is 7.12. The van der Waals surface area contributed by atoms with Crippen molar-refractivity contribution in [1.29, 1.82) is 0 Å². The van der Waals surface area contributed by atoms with E-state index in [1.807, 2.05) is 35.0 Å². The third-order valence-electron chi connectivity index (χ3n) is 5.38. The lowest BCUT2D eigenvalue weighted by atomic mass is 9.95. The molecule has 0 radical (unpaired) electrons. The van der Waals surface area contributed by atoms with E-state index in [0.717, 1.165) is 35.4 Å². The molecule has 156 valence electrons. The van der Waals surface area contributed by atoms with E-state index in [9.17, 15) is 9.59 Å². The second-order valence-electron chi connectivity index (χ2n) is 7.49. The molecule has 30 heavy (non-hydrogen) atoms. The number of hydrogen-bond acceptors (Lipinski definition) is 5. The van der Waals surface area contributed by atoms with Crippen LogP contribution >= 0.6 is 22.7 Å². The van der Waals surface area contributed by atoms with Crippen molar-refractivity contribution >= 4 is 34.5 Å². The lowest BCUT2D eigenvalue weighted by Crippen LogP contribution is -2.46. The predicted octanol–water partition coefficient (Wildman–Crippen LogP) is 5.04. The number of hydrogen-bond donors (Lipinski definition) is 1. The molecule has 1 atom stereocenters. The Labute approximate surface area is 184 Å². The number of nitrogens with zero attached hydrogens (tertiary/aromatic N) is 2. The van der Waals surface area contributed by atoms with Crippen LogP contribution in [0.4, 0.5) is 0 Å². The molecule has 1 fully saturated rings. The summed E-state index contributed by atoms with van der Waals surface area (Å²) in [5.74, 6) is -0.341. The highest BCUT2D eigenvalue weighted by atomic mass is 32.1. The van der Waals surface area contributed by atoms with Gasteiger partial charge >= 0.3 is 0 Å². The van der Waals surface area contributed by atoms with E-state index >= 15 is 0 Å². The van der Waals surface area contributed by atoms with Gasteiger partial charge in [0.1, 0.15) is 11.7 Å². The van der Waals surface area contributed by atoms with Gasteiger partial charge in [0.15, 0.2) is 0 Å². The first-order valence-electron chi connectivity index (χ1n) is 10.3. The summed E-state index contributed by atoms with van der Waals surface area (Å²) in [6, 6.07) is 12.6. The molecule has 1 unspecified atom stereocenters. The molecule has 3 aromatic heterocycles. The Morgan fingerprint density at radius 1 is 1.03 bits per heavy atom. The SMILES string of the molecule is O=C(NC1CCCCC1)C(c1cccs1)N(Cc1cccs1)C(=O)c1ccccn1. The van der Waals surface area contributed by atoms with Gasteiger partial charge in [-0.1, -0.05) is 37.5 Å². The van der Waals surface area contributed by atoms with E-state index in [0.29, 0.717) is 12.2 Å². The quantitative estimate of drug-likeness (QED) is 0.561. The first-order valence-corrected chi connectivity index (χ1v) is 12.1. The Morgan fingerprint density at radius 3 is 2.50 bits per heavy atom. The normalized spacial score (nSPS) is 15.5. The fourth-order valence-corrected chi connectivity index (χ4v) is 5.42. The molecule has 0 spiro atoms. The van der Waals surface area contributed by atoms with Crippen LogP contribution in [-0.4, -0.2) is 27.7 Å². The summed E-state index contributed by atoms with van der Waals surface area (Å²) in [5.41, 5.74) is 0.348. The lowest BCUT2D eigenvalue weighted by Gasteiger charge is -2.32. The topological polar surface area (TPSA) is 62.3 Å². The minimum atomic E-state index is -0.677. The fraction of sp³-hybridized carbons (Fsp3) is 0.348. The van der Waals surface area contributed by atoms with Crippen LogP contribution in [0.15, 0.2) is 59.4 Å². The molecule has 7 heteroatoms. The summed E-state index contributed by atoms with van der Waals surface area (Å²) in [4.78, 5) is 34.8. The molecule has 1 saturated carbocycles. The van der Waals surface area contributed by atoms with Crippen molar-refractivity contribution in [2.45, 2.75) is 50.7 Å². The van der Waals surface area contributed by atoms with Crippen LogP contribution in [0.5, 0.6) is 0 Å². The van der Waals surface area contributed by atoms with Crippen LogP contribution in [0.3, 0.4) is 0 Å². The first-order chi connectivity index (χ1) is 14.7. The van der Waals surface area contributed by atoms with Crippen LogP contribution in [0.25, 0.3) is 0 Å². The Hall–Kier alpha value is -2.51. The number of carbonyl (C=O) groups is 2. The average Bonchev–Trinajstić information content (AvgIpc) is 3.49. The van der Waals surface area contributed by atoms with Gasteiger partial charge in [-0.15, -0.1) is 22.7 Å². The van der Waals surface area contributed by atoms with Crippen molar-refractivity contribution in [2.24, 2.45) is 0 Å². The highest BCUT2D eigenvalue weighted by molar-refractivity contribution is 7.10. The highest BCUT2D eigenvalue weighted by Crippen LogP contribution is 2.30. The number of rotatable bonds is 7. The summed E-state index contributed by atoms with van der Waals surface area (Å²) >= 11 is 3.09. The van der Waals surface area contributed by atoms with Gasteiger partial charge < -0.3 is 10.2 Å². The van der Waals surface area contributed by atoms with Crippen molar-refractivity contribution in [3.05, 3.63) is 74.9 Å². The minimum Gasteiger partial charge on any atom is -0.351 e. The molecule has 1 aliphatic carbocycles. The number of aromatic nitrogens is 1. The third-order valence-corrected chi connectivity index (χ3v) is 7.16. The third kappa shape index (κ3) is 4.96. The number of pyridine rings is 1. The Bertz CT molecular complexity index is 936. The van der Waals surface area contributed by atoms with E-state index in [1.165, 1.54) is 17.8 Å². The second kappa shape index (κ2) is 10.00. The van der Waals surface area contributed by atoms with Gasteiger partial charge in [0.2, 0.25) is 5.91 Å². The molecule has 0 aliphatic heterocycles. The van der Waals surface area contributed by atoms with Gasteiger partial charge in [-0.2, -0.15) is 0 Å². The molecule has 0 bridgehead atoms. The zero-order valence-electron chi connectivity index (χ0n) is 16.7. The molecular formula is C23H25N3O2S2. The number of thiophene rings is 2. The van der Waals surface area contributed by atoms with E-state index in [4.69, 9.17) is 0 Å². The van der Waals surface area contributed by atoms with Crippen molar-refractivity contribution in [2.75, 3.05) is 0 Å². The lowest BCUT2D eigenvalue weighted by molar-refractivity contribution is -0.127. The van der Waals surface area contributed by atoms with Crippen LogP contribution in [0.2, 0.25) is 0 Å². The molecule has 3 heterocycles. The molecular weight excluding hydrogens is 414 g/mol. The van der Waals surface area contributed by atoms with Crippen molar-refractivity contribution in [3.63, 3.8) is 0 Å². The van der Waals surface area contributed by atoms with Crippen molar-refractivity contribution in [1.82, 2.24) is 15.2 Å². The standard InChI is InChI=1S/C23H25N3O2S2/c27-22(25-17-8-2-1-3-9-17)21(20-12-7-15-30-20)26(16-18-10-6-14-29-18)23(28)19-11-4-5-13-24-19/h4-7,10-15,17,21H,1-3,8-9,16H2,(H,25,27). The smallest absolute Gasteiger partial charge is 0.273 e. The molecule has 1 aliphatic rings. The Kier molecular flexibility index (Phi) is 6.92. The van der Waals surface area contributed by atoms with Crippen LogP contribution in [0, 0.1) is 0 Å². The van der Waals surface area contributed by atoms with Gasteiger partial charge in [0.05, 0.1) is 6.54 Å². The zero-order chi connectivity index (χ0) is 20.8. The molecule has 5 nitrogen and oxygen atoms in total. The van der Waals surface area contributed by atoms with Gasteiger partial charge in [-0.3, -0.25) is 14.6 Å². The van der Waals surface area contributed by atoms with E-state index in [-0.39, 0.29) is 17.9 Å². The van der Waals surface area contributed by atoms with Crippen LogP contribution < -0.4 is 5.32 Å². The van der Waals surface area contributed by atoms with Crippen molar-refractivity contribution in [3.8, 4) is 0 Å². The summed E-state index contributed by atoms with van der Waals surface area (Å²) in [5, 5.41) is 7.17. The Balaban J connectivity index is 1.67. The number of nitrogens with one attached hydrogen (secondary N) is 1. The molecule has 1 N–H and O–H groups in total. The first kappa shape index (κ1) is 20.8. The second-order valence-corrected chi connectivity index (χ2v) is 9.50. The molecule has 2 amide bonds. The monoisotopic (exact) mass is 439 g/mol. The number of amides is 2. The fourth-order valence-electron chi connectivity index (χ4n) is 3.89. The van der Waals surface area contributed by atoms with Crippen LogP contribution in [0.1, 0.15) is 58.4 Å². The van der Waals surface area contributed by atoms with Gasteiger partial charge in [-0.25, -0.2) is 0 Å². The predicted molar refractivity (Wildman–Crippen MR) is 121 cm³/mol. The maximum absolute atomic E-state index is 13.5. The molecule has 4 rings (SSSR count). The molecule has 3 aromatic rings. The van der Waals surface area contributed by atoms with E-state index in [1.54, 1.807) is 40.6 Å². The average molecular weight is 440 g/mol. The summed E-state index contributed by atoms with van der Waals surface area (Å²) < 4.78 is 0. The Morgan fingerprint density at radius 2 is 1.83 bits per heavy atom. The summed E-state index contributed by atoms with van der Waals surface area (Å²) in [7, 11) is 0. The van der Waals surface area contributed by atoms with Gasteiger partial charge in [0, 0.05) is 22.0 Å². The number of carbonyl (C=O) groups excluding carboxylic acids is 2. The van der Waals surface area contributed by atoms with Crippen LogP contribution in [-0.2, 0) is 11.3 Å².